The summed E-state index contributed by atoms with van der Waals surface area (Å²) in [6.07, 6.45) is 6.73. The molecule has 24 heavy (non-hydrogen) atoms. The van der Waals surface area contributed by atoms with Crippen molar-refractivity contribution in [1.82, 2.24) is 15.0 Å². The lowest BCUT2D eigenvalue weighted by Gasteiger charge is -2.12. The van der Waals surface area contributed by atoms with Crippen LogP contribution >= 0.6 is 11.8 Å². The van der Waals surface area contributed by atoms with E-state index in [1.165, 1.54) is 35.9 Å². The van der Waals surface area contributed by atoms with E-state index in [4.69, 9.17) is 0 Å². The first-order chi connectivity index (χ1) is 11.8. The van der Waals surface area contributed by atoms with Gasteiger partial charge >= 0.3 is 0 Å². The van der Waals surface area contributed by atoms with Crippen LogP contribution in [0.4, 0.5) is 11.5 Å². The molecule has 1 aromatic carbocycles. The van der Waals surface area contributed by atoms with Gasteiger partial charge in [0.25, 0.3) is 0 Å². The van der Waals surface area contributed by atoms with Crippen LogP contribution in [0.25, 0.3) is 11.0 Å². The van der Waals surface area contributed by atoms with Crippen molar-refractivity contribution in [3.63, 3.8) is 0 Å². The molecule has 5 nitrogen and oxygen atoms in total. The molecular weight excluding hydrogens is 320 g/mol. The van der Waals surface area contributed by atoms with Gasteiger partial charge in [0.2, 0.25) is 0 Å². The third-order valence-electron chi connectivity index (χ3n) is 4.77. The molecular formula is C18H16N4OS. The maximum absolute atomic E-state index is 11.6. The van der Waals surface area contributed by atoms with Gasteiger partial charge in [0.1, 0.15) is 17.8 Å². The van der Waals surface area contributed by atoms with Gasteiger partial charge in [-0.1, -0.05) is 17.8 Å². The summed E-state index contributed by atoms with van der Waals surface area (Å²) in [7, 11) is 0. The number of fused-ring (bicyclic) bond motifs is 4. The number of anilines is 2. The molecule has 0 spiro atoms. The van der Waals surface area contributed by atoms with Crippen molar-refractivity contribution < 1.29 is 4.79 Å². The second-order valence-electron chi connectivity index (χ2n) is 6.33. The molecule has 0 fully saturated rings. The zero-order chi connectivity index (χ0) is 16.1. The molecule has 0 unspecified atom stereocenters. The molecule has 6 heteroatoms. The van der Waals surface area contributed by atoms with E-state index >= 15 is 0 Å². The quantitative estimate of drug-likeness (QED) is 0.746. The van der Waals surface area contributed by atoms with Crippen LogP contribution in [0.2, 0.25) is 0 Å². The van der Waals surface area contributed by atoms with Crippen LogP contribution in [0.5, 0.6) is 0 Å². The summed E-state index contributed by atoms with van der Waals surface area (Å²) in [6.45, 7) is 0. The van der Waals surface area contributed by atoms with E-state index in [1.807, 2.05) is 18.2 Å². The Morgan fingerprint density at radius 3 is 3.04 bits per heavy atom. The van der Waals surface area contributed by atoms with Crippen LogP contribution in [0.3, 0.4) is 0 Å². The summed E-state index contributed by atoms with van der Waals surface area (Å²) >= 11 is 1.33. The fourth-order valence-corrected chi connectivity index (χ4v) is 4.58. The molecule has 1 aliphatic carbocycles. The molecule has 0 saturated carbocycles. The van der Waals surface area contributed by atoms with Gasteiger partial charge < -0.3 is 10.3 Å². The van der Waals surface area contributed by atoms with Crippen molar-refractivity contribution in [2.24, 2.45) is 0 Å². The standard InChI is InChI=1S/C18H16N4OS/c23-15-7-10-5-6-11(8-14(10)24-15)21-17-16-12-3-1-2-4-13(12)22-18(16)20-9-19-17/h5-6,8-9H,1-4,7H2,(H2,19,20,21,22). The number of hydrogen-bond donors (Lipinski definition) is 2. The number of carbonyl (C=O) groups is 1. The molecule has 0 amide bonds. The highest BCUT2D eigenvalue weighted by molar-refractivity contribution is 8.14. The van der Waals surface area contributed by atoms with E-state index in [1.54, 1.807) is 6.33 Å². The third-order valence-corrected chi connectivity index (χ3v) is 5.75. The second kappa shape index (κ2) is 5.34. The molecule has 3 aromatic rings. The van der Waals surface area contributed by atoms with Crippen molar-refractivity contribution in [2.45, 2.75) is 37.0 Å². The van der Waals surface area contributed by atoms with E-state index in [9.17, 15) is 4.79 Å². The van der Waals surface area contributed by atoms with Crippen LogP contribution in [0, 0.1) is 0 Å². The third kappa shape index (κ3) is 2.21. The number of hydrogen-bond acceptors (Lipinski definition) is 5. The number of nitrogens with one attached hydrogen (secondary N) is 2. The van der Waals surface area contributed by atoms with Crippen LogP contribution in [-0.2, 0) is 24.1 Å². The van der Waals surface area contributed by atoms with Crippen LogP contribution in [0.15, 0.2) is 29.4 Å². The molecule has 5 rings (SSSR count). The first-order valence-electron chi connectivity index (χ1n) is 8.23. The maximum Gasteiger partial charge on any atom is 0.198 e. The van der Waals surface area contributed by atoms with Gasteiger partial charge in [0, 0.05) is 22.7 Å². The molecule has 2 N–H and O–H groups in total. The van der Waals surface area contributed by atoms with Crippen molar-refractivity contribution in [3.05, 3.63) is 41.3 Å². The number of carbonyl (C=O) groups excluding carboxylic acids is 1. The average molecular weight is 336 g/mol. The Balaban J connectivity index is 1.57. The molecule has 3 heterocycles. The Kier molecular flexibility index (Phi) is 3.13. The molecule has 0 radical (unpaired) electrons. The Morgan fingerprint density at radius 2 is 2.08 bits per heavy atom. The minimum Gasteiger partial charge on any atom is -0.343 e. The Morgan fingerprint density at radius 1 is 1.17 bits per heavy atom. The van der Waals surface area contributed by atoms with Crippen molar-refractivity contribution >= 4 is 39.4 Å². The number of aromatic amines is 1. The predicted octanol–water partition coefficient (Wildman–Crippen LogP) is 3.76. The number of aromatic nitrogens is 3. The van der Waals surface area contributed by atoms with Gasteiger partial charge in [0.15, 0.2) is 5.12 Å². The van der Waals surface area contributed by atoms with E-state index in [0.717, 1.165) is 45.8 Å². The number of nitrogens with zero attached hydrogens (tertiary/aromatic N) is 2. The normalized spacial score (nSPS) is 16.2. The fraction of sp³-hybridized carbons (Fsp3) is 0.278. The van der Waals surface area contributed by atoms with Crippen LogP contribution < -0.4 is 5.32 Å². The fourth-order valence-electron chi connectivity index (χ4n) is 3.65. The molecule has 0 atom stereocenters. The summed E-state index contributed by atoms with van der Waals surface area (Å²) in [5.41, 5.74) is 5.63. The minimum atomic E-state index is 0.214. The van der Waals surface area contributed by atoms with Crippen molar-refractivity contribution in [1.29, 1.82) is 0 Å². The zero-order valence-electron chi connectivity index (χ0n) is 13.1. The van der Waals surface area contributed by atoms with Crippen LogP contribution in [-0.4, -0.2) is 20.1 Å². The highest BCUT2D eigenvalue weighted by Gasteiger charge is 2.21. The summed E-state index contributed by atoms with van der Waals surface area (Å²) in [6, 6.07) is 6.09. The lowest BCUT2D eigenvalue weighted by molar-refractivity contribution is -0.110. The molecule has 2 aromatic heterocycles. The summed E-state index contributed by atoms with van der Waals surface area (Å²) < 4.78 is 0. The smallest absolute Gasteiger partial charge is 0.198 e. The van der Waals surface area contributed by atoms with E-state index in [2.05, 4.69) is 20.3 Å². The van der Waals surface area contributed by atoms with E-state index in [-0.39, 0.29) is 5.12 Å². The number of rotatable bonds is 2. The molecule has 0 saturated heterocycles. The predicted molar refractivity (Wildman–Crippen MR) is 94.8 cm³/mol. The first kappa shape index (κ1) is 14.0. The highest BCUT2D eigenvalue weighted by atomic mass is 32.2. The first-order valence-corrected chi connectivity index (χ1v) is 9.04. The van der Waals surface area contributed by atoms with Gasteiger partial charge in [-0.15, -0.1) is 0 Å². The number of benzene rings is 1. The monoisotopic (exact) mass is 336 g/mol. The Hall–Kier alpha value is -2.34. The minimum absolute atomic E-state index is 0.214. The zero-order valence-corrected chi connectivity index (χ0v) is 13.9. The van der Waals surface area contributed by atoms with Gasteiger partial charge in [-0.05, 0) is 48.9 Å². The number of thioether (sulfide) groups is 1. The SMILES string of the molecule is O=C1Cc2ccc(Nc3ncnc4[nH]c5c(c34)CCCC5)cc2S1. The summed E-state index contributed by atoms with van der Waals surface area (Å²) in [5.74, 6) is 0.841. The Labute approximate surface area is 143 Å². The second-order valence-corrected chi connectivity index (χ2v) is 7.43. The van der Waals surface area contributed by atoms with E-state index in [0.29, 0.717) is 6.42 Å². The number of aryl methyl sites for hydroxylation is 2. The van der Waals surface area contributed by atoms with Crippen molar-refractivity contribution in [3.8, 4) is 0 Å². The maximum atomic E-state index is 11.6. The molecule has 120 valence electrons. The molecule has 1 aliphatic heterocycles. The van der Waals surface area contributed by atoms with Crippen LogP contribution in [0.1, 0.15) is 29.7 Å². The van der Waals surface area contributed by atoms with Gasteiger partial charge in [-0.25, -0.2) is 9.97 Å². The van der Waals surface area contributed by atoms with Gasteiger partial charge in [-0.2, -0.15) is 0 Å². The van der Waals surface area contributed by atoms with E-state index < -0.39 is 0 Å². The highest BCUT2D eigenvalue weighted by Crippen LogP contribution is 2.37. The Bertz CT molecular complexity index is 979. The molecule has 2 aliphatic rings. The van der Waals surface area contributed by atoms with Crippen molar-refractivity contribution in [2.75, 3.05) is 5.32 Å². The number of H-pyrrole nitrogens is 1. The van der Waals surface area contributed by atoms with Gasteiger partial charge in [0.05, 0.1) is 5.39 Å². The summed E-state index contributed by atoms with van der Waals surface area (Å²) in [4.78, 5) is 25.0. The summed E-state index contributed by atoms with van der Waals surface area (Å²) in [5, 5.41) is 4.75. The topological polar surface area (TPSA) is 70.7 Å². The lowest BCUT2D eigenvalue weighted by Crippen LogP contribution is -2.01. The largest absolute Gasteiger partial charge is 0.343 e. The van der Waals surface area contributed by atoms with Gasteiger partial charge in [-0.3, -0.25) is 4.79 Å². The molecule has 0 bridgehead atoms. The average Bonchev–Trinajstić information content (AvgIpc) is 3.14. The lowest BCUT2D eigenvalue weighted by atomic mass is 9.96.